The summed E-state index contributed by atoms with van der Waals surface area (Å²) >= 11 is 10.4. The Bertz CT molecular complexity index is 1370. The number of aryl methyl sites for hydroxylation is 2. The predicted octanol–water partition coefficient (Wildman–Crippen LogP) is 6.97. The highest BCUT2D eigenvalue weighted by Crippen LogP contribution is 2.35. The van der Waals surface area contributed by atoms with Gasteiger partial charge in [0, 0.05) is 20.7 Å². The summed E-state index contributed by atoms with van der Waals surface area (Å²) in [6.45, 7) is 3.81. The number of nitrogens with one attached hydrogen (secondary N) is 1. The van der Waals surface area contributed by atoms with Crippen molar-refractivity contribution in [1.29, 1.82) is 0 Å². The molecule has 0 radical (unpaired) electrons. The fourth-order valence-corrected chi connectivity index (χ4v) is 4.82. The molecular formula is C27H22BrClN2O4S. The van der Waals surface area contributed by atoms with Gasteiger partial charge >= 0.3 is 0 Å². The smallest absolute Gasteiger partial charge is 0.293 e. The summed E-state index contributed by atoms with van der Waals surface area (Å²) in [6.07, 6.45) is 1.61. The molecule has 184 valence electrons. The second-order valence-electron chi connectivity index (χ2n) is 8.24. The molecule has 1 saturated heterocycles. The summed E-state index contributed by atoms with van der Waals surface area (Å²) in [6, 6.07) is 18.2. The number of amides is 3. The van der Waals surface area contributed by atoms with E-state index in [1.807, 2.05) is 44.2 Å². The molecule has 0 bridgehead atoms. The number of halogens is 2. The highest BCUT2D eigenvalue weighted by Gasteiger charge is 2.35. The zero-order chi connectivity index (χ0) is 25.8. The average molecular weight is 586 g/mol. The lowest BCUT2D eigenvalue weighted by molar-refractivity contribution is -0.123. The molecule has 0 atom stereocenters. The number of anilines is 1. The molecule has 6 nitrogen and oxygen atoms in total. The van der Waals surface area contributed by atoms with E-state index in [2.05, 4.69) is 21.2 Å². The minimum Gasteiger partial charge on any atom is -0.483 e. The molecule has 4 rings (SSSR count). The van der Waals surface area contributed by atoms with Crippen LogP contribution in [0.15, 0.2) is 70.0 Å². The van der Waals surface area contributed by atoms with E-state index < -0.39 is 0 Å². The van der Waals surface area contributed by atoms with E-state index in [0.29, 0.717) is 22.0 Å². The third kappa shape index (κ3) is 6.37. The lowest BCUT2D eigenvalue weighted by atomic mass is 10.1. The largest absolute Gasteiger partial charge is 0.483 e. The summed E-state index contributed by atoms with van der Waals surface area (Å²) in [5.41, 5.74) is 4.02. The number of thioether (sulfide) groups is 1. The molecule has 1 aliphatic rings. The monoisotopic (exact) mass is 584 g/mol. The standard InChI is InChI=1S/C27H22BrClN2O4S/c1-16-3-6-18(7-4-16)14-31-26(33)24(36-27(31)34)12-19-11-20(28)8-10-23(19)35-15-25(32)30-21-9-5-17(2)22(29)13-21/h3-13H,14-15H2,1-2H3,(H,30,32)/b24-12-. The quantitative estimate of drug-likeness (QED) is 0.303. The third-order valence-corrected chi connectivity index (χ3v) is 7.22. The van der Waals surface area contributed by atoms with Crippen LogP contribution < -0.4 is 10.1 Å². The van der Waals surface area contributed by atoms with E-state index in [0.717, 1.165) is 32.9 Å². The lowest BCUT2D eigenvalue weighted by Gasteiger charge is -2.13. The number of carbonyl (C=O) groups excluding carboxylic acids is 3. The second-order valence-corrected chi connectivity index (χ2v) is 10.6. The van der Waals surface area contributed by atoms with Crippen LogP contribution in [0.1, 0.15) is 22.3 Å². The normalized spacial score (nSPS) is 14.4. The van der Waals surface area contributed by atoms with Gasteiger partial charge in [0.1, 0.15) is 5.75 Å². The molecule has 0 aromatic heterocycles. The Kier molecular flexibility index (Phi) is 8.18. The van der Waals surface area contributed by atoms with Gasteiger partial charge in [0.25, 0.3) is 17.1 Å². The Labute approximate surface area is 226 Å². The van der Waals surface area contributed by atoms with E-state index in [1.54, 1.807) is 36.4 Å². The number of benzene rings is 3. The van der Waals surface area contributed by atoms with Crippen molar-refractivity contribution in [3.05, 3.63) is 97.3 Å². The maximum absolute atomic E-state index is 13.0. The number of carbonyl (C=O) groups is 3. The van der Waals surface area contributed by atoms with Gasteiger partial charge in [0.15, 0.2) is 6.61 Å². The molecule has 3 aromatic rings. The molecule has 36 heavy (non-hydrogen) atoms. The number of hydrogen-bond donors (Lipinski definition) is 1. The van der Waals surface area contributed by atoms with Crippen molar-refractivity contribution in [2.75, 3.05) is 11.9 Å². The Morgan fingerprint density at radius 3 is 2.56 bits per heavy atom. The molecular weight excluding hydrogens is 564 g/mol. The van der Waals surface area contributed by atoms with Gasteiger partial charge in [-0.25, -0.2) is 0 Å². The van der Waals surface area contributed by atoms with Crippen LogP contribution in [-0.4, -0.2) is 28.6 Å². The summed E-state index contributed by atoms with van der Waals surface area (Å²) < 4.78 is 6.52. The predicted molar refractivity (Wildman–Crippen MR) is 147 cm³/mol. The van der Waals surface area contributed by atoms with Crippen molar-refractivity contribution < 1.29 is 19.1 Å². The number of hydrogen-bond acceptors (Lipinski definition) is 5. The van der Waals surface area contributed by atoms with Gasteiger partial charge in [-0.05, 0) is 73.1 Å². The molecule has 1 heterocycles. The zero-order valence-electron chi connectivity index (χ0n) is 19.5. The summed E-state index contributed by atoms with van der Waals surface area (Å²) in [4.78, 5) is 39.5. The van der Waals surface area contributed by atoms with Gasteiger partial charge in [0.05, 0.1) is 11.4 Å². The van der Waals surface area contributed by atoms with Gasteiger partial charge in [0.2, 0.25) is 0 Å². The Morgan fingerprint density at radius 2 is 1.83 bits per heavy atom. The third-order valence-electron chi connectivity index (χ3n) is 5.41. The lowest BCUT2D eigenvalue weighted by Crippen LogP contribution is -2.27. The fourth-order valence-electron chi connectivity index (χ4n) is 3.43. The van der Waals surface area contributed by atoms with E-state index in [-0.39, 0.29) is 35.1 Å². The molecule has 0 saturated carbocycles. The number of nitrogens with zero attached hydrogens (tertiary/aromatic N) is 1. The van der Waals surface area contributed by atoms with Crippen molar-refractivity contribution >= 4 is 68.1 Å². The number of rotatable bonds is 7. The first kappa shape index (κ1) is 26.0. The highest BCUT2D eigenvalue weighted by atomic mass is 79.9. The first-order valence-corrected chi connectivity index (χ1v) is 13.0. The number of ether oxygens (including phenoxy) is 1. The van der Waals surface area contributed by atoms with Gasteiger partial charge in [-0.15, -0.1) is 0 Å². The van der Waals surface area contributed by atoms with Crippen LogP contribution in [0, 0.1) is 13.8 Å². The van der Waals surface area contributed by atoms with E-state index in [4.69, 9.17) is 16.3 Å². The molecule has 1 aliphatic heterocycles. The van der Waals surface area contributed by atoms with Gasteiger partial charge in [-0.2, -0.15) is 0 Å². The van der Waals surface area contributed by atoms with E-state index in [1.165, 1.54) is 4.90 Å². The molecule has 0 aliphatic carbocycles. The van der Waals surface area contributed by atoms with Crippen LogP contribution >= 0.6 is 39.3 Å². The fraction of sp³-hybridized carbons (Fsp3) is 0.148. The molecule has 3 amide bonds. The first-order valence-electron chi connectivity index (χ1n) is 11.0. The van der Waals surface area contributed by atoms with E-state index in [9.17, 15) is 14.4 Å². The molecule has 3 aromatic carbocycles. The second kappa shape index (κ2) is 11.3. The van der Waals surface area contributed by atoms with Gasteiger partial charge in [-0.3, -0.25) is 19.3 Å². The van der Waals surface area contributed by atoms with E-state index >= 15 is 0 Å². The minimum absolute atomic E-state index is 0.202. The van der Waals surface area contributed by atoms with Crippen molar-refractivity contribution in [1.82, 2.24) is 4.90 Å². The van der Waals surface area contributed by atoms with Crippen molar-refractivity contribution in [2.24, 2.45) is 0 Å². The molecule has 9 heteroatoms. The van der Waals surface area contributed by atoms with Crippen LogP contribution in [0.4, 0.5) is 10.5 Å². The van der Waals surface area contributed by atoms with Crippen molar-refractivity contribution in [2.45, 2.75) is 20.4 Å². The molecule has 1 fully saturated rings. The maximum Gasteiger partial charge on any atom is 0.293 e. The maximum atomic E-state index is 13.0. The summed E-state index contributed by atoms with van der Waals surface area (Å²) in [5, 5.41) is 2.97. The Balaban J connectivity index is 1.47. The van der Waals surface area contributed by atoms with Crippen LogP contribution in [0.5, 0.6) is 5.75 Å². The average Bonchev–Trinajstić information content (AvgIpc) is 3.09. The minimum atomic E-state index is -0.370. The Hall–Kier alpha value is -3.07. The van der Waals surface area contributed by atoms with Crippen LogP contribution in [0.3, 0.4) is 0 Å². The summed E-state index contributed by atoms with van der Waals surface area (Å²) in [7, 11) is 0. The molecule has 1 N–H and O–H groups in total. The van der Waals surface area contributed by atoms with Crippen molar-refractivity contribution in [3.8, 4) is 5.75 Å². The van der Waals surface area contributed by atoms with Crippen LogP contribution in [0.25, 0.3) is 6.08 Å². The molecule has 0 spiro atoms. The number of imide groups is 1. The van der Waals surface area contributed by atoms with Gasteiger partial charge in [-0.1, -0.05) is 63.4 Å². The zero-order valence-corrected chi connectivity index (χ0v) is 22.7. The van der Waals surface area contributed by atoms with Gasteiger partial charge < -0.3 is 10.1 Å². The highest BCUT2D eigenvalue weighted by molar-refractivity contribution is 9.10. The molecule has 0 unspecified atom stereocenters. The van der Waals surface area contributed by atoms with Crippen molar-refractivity contribution in [3.63, 3.8) is 0 Å². The first-order chi connectivity index (χ1) is 17.2. The SMILES string of the molecule is Cc1ccc(CN2C(=O)S/C(=C\c3cc(Br)ccc3OCC(=O)Nc3ccc(C)c(Cl)c3)C2=O)cc1. The topological polar surface area (TPSA) is 75.7 Å². The Morgan fingerprint density at radius 1 is 1.08 bits per heavy atom. The summed E-state index contributed by atoms with van der Waals surface area (Å²) in [5.74, 6) is -0.326. The van der Waals surface area contributed by atoms with Crippen LogP contribution in [0.2, 0.25) is 5.02 Å². The van der Waals surface area contributed by atoms with Crippen LogP contribution in [-0.2, 0) is 16.1 Å².